The minimum atomic E-state index is 0.121. The number of fused-ring (bicyclic) bond motifs is 1. The van der Waals surface area contributed by atoms with E-state index in [-0.39, 0.29) is 5.91 Å². The van der Waals surface area contributed by atoms with Gasteiger partial charge in [-0.3, -0.25) is 4.79 Å². The normalized spacial score (nSPS) is 18.5. The van der Waals surface area contributed by atoms with Gasteiger partial charge in [0.2, 0.25) is 5.91 Å². The second-order valence-electron chi connectivity index (χ2n) is 6.94. The molecule has 0 unspecified atom stereocenters. The summed E-state index contributed by atoms with van der Waals surface area (Å²) in [5, 5.41) is 3.05. The molecule has 2 aliphatic rings. The van der Waals surface area contributed by atoms with Crippen molar-refractivity contribution in [3.05, 3.63) is 29.3 Å². The van der Waals surface area contributed by atoms with Gasteiger partial charge in [-0.15, -0.1) is 0 Å². The molecule has 2 aliphatic heterocycles. The van der Waals surface area contributed by atoms with Crippen LogP contribution in [-0.4, -0.2) is 43.6 Å². The van der Waals surface area contributed by atoms with Crippen molar-refractivity contribution in [2.24, 2.45) is 5.92 Å². The number of carbonyl (C=O) groups excluding carboxylic acids is 1. The lowest BCUT2D eigenvalue weighted by atomic mass is 9.99. The molecule has 4 heteroatoms. The number of hydrogen-bond acceptors (Lipinski definition) is 3. The van der Waals surface area contributed by atoms with E-state index in [1.807, 2.05) is 12.1 Å². The first-order chi connectivity index (χ1) is 11.2. The highest BCUT2D eigenvalue weighted by Crippen LogP contribution is 2.25. The lowest BCUT2D eigenvalue weighted by Gasteiger charge is -2.30. The number of ether oxygens (including phenoxy) is 1. The Kier molecular flexibility index (Phi) is 5.55. The number of carbonyl (C=O) groups is 1. The van der Waals surface area contributed by atoms with Crippen LogP contribution in [0.15, 0.2) is 18.2 Å². The van der Waals surface area contributed by atoms with Crippen LogP contribution in [0.1, 0.15) is 37.3 Å². The number of hydrogen-bond donors (Lipinski definition) is 1. The van der Waals surface area contributed by atoms with Crippen molar-refractivity contribution in [3.63, 3.8) is 0 Å². The molecule has 1 aromatic carbocycles. The van der Waals surface area contributed by atoms with E-state index >= 15 is 0 Å². The van der Waals surface area contributed by atoms with Gasteiger partial charge in [-0.05, 0) is 62.0 Å². The summed E-state index contributed by atoms with van der Waals surface area (Å²) in [5.74, 6) is 1.98. The minimum absolute atomic E-state index is 0.121. The van der Waals surface area contributed by atoms with Gasteiger partial charge in [0.25, 0.3) is 0 Å². The van der Waals surface area contributed by atoms with Crippen molar-refractivity contribution in [3.8, 4) is 5.75 Å². The molecule has 3 rings (SSSR count). The van der Waals surface area contributed by atoms with Gasteiger partial charge in [0.05, 0.1) is 13.0 Å². The number of piperidine rings is 1. The molecule has 0 atom stereocenters. The highest BCUT2D eigenvalue weighted by Gasteiger charge is 2.15. The average molecular weight is 316 g/mol. The zero-order valence-corrected chi connectivity index (χ0v) is 14.1. The molecule has 0 spiro atoms. The van der Waals surface area contributed by atoms with Crippen LogP contribution in [-0.2, 0) is 17.6 Å². The van der Waals surface area contributed by atoms with Gasteiger partial charge in [0, 0.05) is 13.0 Å². The van der Waals surface area contributed by atoms with Crippen LogP contribution in [0.2, 0.25) is 0 Å². The SMILES string of the molecule is CC1CCN(CCCNC(=O)Cc2ccc3c(c2)CCO3)CC1. The summed E-state index contributed by atoms with van der Waals surface area (Å²) in [6, 6.07) is 6.09. The fraction of sp³-hybridized carbons (Fsp3) is 0.632. The quantitative estimate of drug-likeness (QED) is 0.820. The van der Waals surface area contributed by atoms with Gasteiger partial charge in [0.1, 0.15) is 5.75 Å². The van der Waals surface area contributed by atoms with Crippen molar-refractivity contribution >= 4 is 5.91 Å². The number of amides is 1. The van der Waals surface area contributed by atoms with Crippen LogP contribution in [0.3, 0.4) is 0 Å². The molecule has 1 aromatic rings. The Morgan fingerprint density at radius 2 is 2.17 bits per heavy atom. The number of likely N-dealkylation sites (tertiary alicyclic amines) is 1. The molecule has 23 heavy (non-hydrogen) atoms. The van der Waals surface area contributed by atoms with Crippen LogP contribution in [0.25, 0.3) is 0 Å². The molecular weight excluding hydrogens is 288 g/mol. The topological polar surface area (TPSA) is 41.6 Å². The highest BCUT2D eigenvalue weighted by molar-refractivity contribution is 5.78. The van der Waals surface area contributed by atoms with Crippen molar-refractivity contribution in [2.75, 3.05) is 32.8 Å². The van der Waals surface area contributed by atoms with Crippen molar-refractivity contribution in [2.45, 2.75) is 39.0 Å². The summed E-state index contributed by atoms with van der Waals surface area (Å²) in [4.78, 5) is 14.6. The smallest absolute Gasteiger partial charge is 0.224 e. The first-order valence-corrected chi connectivity index (χ1v) is 8.94. The number of rotatable bonds is 6. The first kappa shape index (κ1) is 16.3. The lowest BCUT2D eigenvalue weighted by molar-refractivity contribution is -0.120. The summed E-state index contributed by atoms with van der Waals surface area (Å²) in [6.07, 6.45) is 5.09. The molecule has 1 fully saturated rings. The van der Waals surface area contributed by atoms with Crippen LogP contribution in [0.5, 0.6) is 5.75 Å². The van der Waals surface area contributed by atoms with E-state index in [9.17, 15) is 4.79 Å². The first-order valence-electron chi connectivity index (χ1n) is 8.94. The molecule has 1 saturated heterocycles. The average Bonchev–Trinajstić information content (AvgIpc) is 3.01. The van der Waals surface area contributed by atoms with Gasteiger partial charge >= 0.3 is 0 Å². The molecule has 0 aromatic heterocycles. The minimum Gasteiger partial charge on any atom is -0.493 e. The molecule has 0 saturated carbocycles. The Morgan fingerprint density at radius 1 is 1.35 bits per heavy atom. The van der Waals surface area contributed by atoms with Crippen LogP contribution >= 0.6 is 0 Å². The van der Waals surface area contributed by atoms with Gasteiger partial charge in [0.15, 0.2) is 0 Å². The standard InChI is InChI=1S/C19H28N2O2/c1-15-5-10-21(11-6-15)9-2-8-20-19(22)14-16-3-4-18-17(13-16)7-12-23-18/h3-4,13,15H,2,5-12,14H2,1H3,(H,20,22). The predicted molar refractivity (Wildman–Crippen MR) is 91.8 cm³/mol. The molecule has 1 N–H and O–H groups in total. The van der Waals surface area contributed by atoms with E-state index in [1.54, 1.807) is 0 Å². The Bertz CT molecular complexity index is 536. The summed E-state index contributed by atoms with van der Waals surface area (Å²) < 4.78 is 5.50. The highest BCUT2D eigenvalue weighted by atomic mass is 16.5. The summed E-state index contributed by atoms with van der Waals surface area (Å²) >= 11 is 0. The number of nitrogens with one attached hydrogen (secondary N) is 1. The largest absolute Gasteiger partial charge is 0.493 e. The maximum Gasteiger partial charge on any atom is 0.224 e. The molecule has 0 bridgehead atoms. The van der Waals surface area contributed by atoms with E-state index < -0.39 is 0 Å². The van der Waals surface area contributed by atoms with Crippen LogP contribution in [0, 0.1) is 5.92 Å². The second kappa shape index (κ2) is 7.82. The zero-order valence-electron chi connectivity index (χ0n) is 14.1. The zero-order chi connectivity index (χ0) is 16.1. The Hall–Kier alpha value is -1.55. The maximum absolute atomic E-state index is 12.1. The Labute approximate surface area is 139 Å². The molecular formula is C19H28N2O2. The molecule has 1 amide bonds. The van der Waals surface area contributed by atoms with Crippen LogP contribution < -0.4 is 10.1 Å². The van der Waals surface area contributed by atoms with E-state index in [1.165, 1.54) is 31.5 Å². The van der Waals surface area contributed by atoms with E-state index in [2.05, 4.69) is 23.2 Å². The molecule has 126 valence electrons. The molecule has 2 heterocycles. The Balaban J connectivity index is 1.33. The summed E-state index contributed by atoms with van der Waals surface area (Å²) in [6.45, 7) is 7.41. The van der Waals surface area contributed by atoms with Crippen molar-refractivity contribution in [1.82, 2.24) is 10.2 Å². The number of nitrogens with zero attached hydrogens (tertiary/aromatic N) is 1. The van der Waals surface area contributed by atoms with Gasteiger partial charge in [-0.25, -0.2) is 0 Å². The monoisotopic (exact) mass is 316 g/mol. The third kappa shape index (κ3) is 4.71. The third-order valence-electron chi connectivity index (χ3n) is 4.97. The molecule has 4 nitrogen and oxygen atoms in total. The Morgan fingerprint density at radius 3 is 3.00 bits per heavy atom. The fourth-order valence-electron chi connectivity index (χ4n) is 3.41. The maximum atomic E-state index is 12.1. The summed E-state index contributed by atoms with van der Waals surface area (Å²) in [5.41, 5.74) is 2.31. The van der Waals surface area contributed by atoms with E-state index in [0.717, 1.165) is 49.8 Å². The second-order valence-corrected chi connectivity index (χ2v) is 6.94. The number of benzene rings is 1. The van der Waals surface area contributed by atoms with E-state index in [4.69, 9.17) is 4.74 Å². The lowest BCUT2D eigenvalue weighted by Crippen LogP contribution is -2.35. The van der Waals surface area contributed by atoms with Crippen LogP contribution in [0.4, 0.5) is 0 Å². The van der Waals surface area contributed by atoms with Crippen molar-refractivity contribution < 1.29 is 9.53 Å². The third-order valence-corrected chi connectivity index (χ3v) is 4.97. The van der Waals surface area contributed by atoms with Crippen molar-refractivity contribution in [1.29, 1.82) is 0 Å². The molecule has 0 aliphatic carbocycles. The fourth-order valence-corrected chi connectivity index (χ4v) is 3.41. The molecule has 0 radical (unpaired) electrons. The van der Waals surface area contributed by atoms with Gasteiger partial charge in [-0.1, -0.05) is 19.1 Å². The summed E-state index contributed by atoms with van der Waals surface area (Å²) in [7, 11) is 0. The van der Waals surface area contributed by atoms with Gasteiger partial charge < -0.3 is 15.0 Å². The predicted octanol–water partition coefficient (Wildman–Crippen LogP) is 2.40. The van der Waals surface area contributed by atoms with Gasteiger partial charge in [-0.2, -0.15) is 0 Å². The van der Waals surface area contributed by atoms with E-state index in [0.29, 0.717) is 6.42 Å².